The lowest BCUT2D eigenvalue weighted by Gasteiger charge is -2.45. The Kier molecular flexibility index (Phi) is 7.17. The smallest absolute Gasteiger partial charge is 0.334 e. The highest BCUT2D eigenvalue weighted by molar-refractivity contribution is 8.29. The molecule has 0 bridgehead atoms. The largest absolute Gasteiger partial charge is 0.341 e. The Labute approximate surface area is 142 Å². The van der Waals surface area contributed by atoms with Gasteiger partial charge in [0, 0.05) is 11.3 Å². The number of carbonyl (C=O) groups is 1. The van der Waals surface area contributed by atoms with Crippen LogP contribution in [0, 0.1) is 5.92 Å². The molecule has 0 aromatic heterocycles. The van der Waals surface area contributed by atoms with Crippen LogP contribution in [0.1, 0.15) is 27.7 Å². The van der Waals surface area contributed by atoms with Gasteiger partial charge in [-0.25, -0.2) is 10.3 Å². The minimum atomic E-state index is -1.22. The van der Waals surface area contributed by atoms with Gasteiger partial charge in [0.05, 0.1) is 19.3 Å². The third kappa shape index (κ3) is 5.86. The van der Waals surface area contributed by atoms with Crippen molar-refractivity contribution in [2.24, 2.45) is 5.92 Å². The molecule has 1 rings (SSSR count). The Hall–Kier alpha value is -0.980. The van der Waals surface area contributed by atoms with Crippen LogP contribution in [0.15, 0.2) is 24.8 Å². The normalized spacial score (nSPS) is 22.8. The minimum absolute atomic E-state index is 0.0762. The van der Waals surface area contributed by atoms with Crippen molar-refractivity contribution < 1.29 is 13.8 Å². The maximum absolute atomic E-state index is 12.3. The predicted octanol–water partition coefficient (Wildman–Crippen LogP) is 3.48. The molecule has 0 aromatic rings. The first-order valence-corrected chi connectivity index (χ1v) is 10.3. The molecular weight excluding hydrogens is 312 g/mol. The van der Waals surface area contributed by atoms with Gasteiger partial charge in [-0.3, -0.25) is 4.84 Å². The number of hydroxylamine groups is 1. The maximum atomic E-state index is 12.3. The predicted molar refractivity (Wildman–Crippen MR) is 98.6 cm³/mol. The Bertz CT molecular complexity index is 444. The standard InChI is InChI=1S/C17H32N2O3S/c1-8-11-21-18-16(20)19-12-14(2)9-10-15(19)13-22-23(6,7)17(3,4)5/h8-10,14-15H,1,11-13H2,2-7H3,(H,18,20)/t14-,15+/m1/s1. The summed E-state index contributed by atoms with van der Waals surface area (Å²) in [5.74, 6) is 0.319. The van der Waals surface area contributed by atoms with Crippen LogP contribution in [0.2, 0.25) is 0 Å². The van der Waals surface area contributed by atoms with Gasteiger partial charge in [0.15, 0.2) is 0 Å². The van der Waals surface area contributed by atoms with Crippen molar-refractivity contribution in [3.63, 3.8) is 0 Å². The molecule has 1 N–H and O–H groups in total. The van der Waals surface area contributed by atoms with Gasteiger partial charge in [-0.05, 0) is 18.4 Å². The average Bonchev–Trinajstić information content (AvgIpc) is 2.44. The van der Waals surface area contributed by atoms with E-state index in [0.29, 0.717) is 19.1 Å². The zero-order valence-corrected chi connectivity index (χ0v) is 16.1. The highest BCUT2D eigenvalue weighted by atomic mass is 32.3. The monoisotopic (exact) mass is 344 g/mol. The van der Waals surface area contributed by atoms with Gasteiger partial charge in [-0.15, -0.1) is 16.9 Å². The summed E-state index contributed by atoms with van der Waals surface area (Å²) in [7, 11) is -1.22. The number of hydrogen-bond acceptors (Lipinski definition) is 3. The van der Waals surface area contributed by atoms with Gasteiger partial charge in [0.1, 0.15) is 0 Å². The van der Waals surface area contributed by atoms with Gasteiger partial charge in [0.2, 0.25) is 0 Å². The lowest BCUT2D eigenvalue weighted by atomic mass is 10.0. The first-order chi connectivity index (χ1) is 10.6. The van der Waals surface area contributed by atoms with E-state index in [0.717, 1.165) is 0 Å². The molecule has 1 aliphatic heterocycles. The van der Waals surface area contributed by atoms with Crippen LogP contribution < -0.4 is 5.48 Å². The first-order valence-electron chi connectivity index (χ1n) is 7.93. The van der Waals surface area contributed by atoms with E-state index in [-0.39, 0.29) is 23.4 Å². The van der Waals surface area contributed by atoms with E-state index in [1.807, 2.05) is 0 Å². The van der Waals surface area contributed by atoms with Crippen molar-refractivity contribution in [3.05, 3.63) is 24.8 Å². The quantitative estimate of drug-likeness (QED) is 0.456. The Morgan fingerprint density at radius 3 is 2.65 bits per heavy atom. The minimum Gasteiger partial charge on any atom is -0.334 e. The van der Waals surface area contributed by atoms with Gasteiger partial charge < -0.3 is 9.08 Å². The van der Waals surface area contributed by atoms with Crippen molar-refractivity contribution in [2.75, 3.05) is 32.3 Å². The van der Waals surface area contributed by atoms with Crippen molar-refractivity contribution in [1.29, 1.82) is 0 Å². The number of amides is 2. The molecule has 6 heteroatoms. The van der Waals surface area contributed by atoms with E-state index >= 15 is 0 Å². The van der Waals surface area contributed by atoms with E-state index in [2.05, 4.69) is 64.4 Å². The zero-order valence-electron chi connectivity index (χ0n) is 15.3. The summed E-state index contributed by atoms with van der Waals surface area (Å²) in [6.45, 7) is 13.6. The van der Waals surface area contributed by atoms with Crippen molar-refractivity contribution >= 4 is 16.3 Å². The van der Waals surface area contributed by atoms with Crippen LogP contribution in [0.4, 0.5) is 4.79 Å². The molecule has 0 spiro atoms. The number of hydrogen-bond donors (Lipinski definition) is 1. The van der Waals surface area contributed by atoms with E-state index in [1.165, 1.54) is 0 Å². The molecular formula is C17H32N2O3S. The van der Waals surface area contributed by atoms with Gasteiger partial charge in [-0.2, -0.15) is 0 Å². The number of urea groups is 1. The van der Waals surface area contributed by atoms with Crippen LogP contribution >= 0.6 is 10.3 Å². The molecule has 5 nitrogen and oxygen atoms in total. The molecule has 1 aliphatic rings. The van der Waals surface area contributed by atoms with Gasteiger partial charge in [0.25, 0.3) is 0 Å². The van der Waals surface area contributed by atoms with Crippen LogP contribution in [-0.2, 0) is 9.02 Å². The zero-order chi connectivity index (χ0) is 17.7. The van der Waals surface area contributed by atoms with Gasteiger partial charge in [-0.1, -0.05) is 45.9 Å². The van der Waals surface area contributed by atoms with Gasteiger partial charge >= 0.3 is 6.03 Å². The lowest BCUT2D eigenvalue weighted by Crippen LogP contribution is -2.50. The highest BCUT2D eigenvalue weighted by Gasteiger charge is 2.32. The SMILES string of the molecule is C=CCONC(=O)N1C[C@H](C)C=C[C@H]1COS(C)(C)C(C)(C)C. The van der Waals surface area contributed by atoms with Crippen molar-refractivity contribution in [1.82, 2.24) is 10.4 Å². The fourth-order valence-corrected chi connectivity index (χ4v) is 2.78. The Morgan fingerprint density at radius 2 is 2.09 bits per heavy atom. The molecule has 0 fully saturated rings. The maximum Gasteiger partial charge on any atom is 0.341 e. The first kappa shape index (κ1) is 20.1. The summed E-state index contributed by atoms with van der Waals surface area (Å²) in [5.41, 5.74) is 2.46. The third-order valence-corrected chi connectivity index (χ3v) is 7.85. The number of carbonyl (C=O) groups excluding carboxylic acids is 1. The second kappa shape index (κ2) is 8.22. The topological polar surface area (TPSA) is 50.8 Å². The molecule has 0 radical (unpaired) electrons. The van der Waals surface area contributed by atoms with Crippen molar-refractivity contribution in [2.45, 2.75) is 38.5 Å². The van der Waals surface area contributed by atoms with Crippen LogP contribution in [0.25, 0.3) is 0 Å². The molecule has 0 unspecified atom stereocenters. The highest BCUT2D eigenvalue weighted by Crippen LogP contribution is 2.53. The molecule has 134 valence electrons. The molecule has 2 amide bonds. The van der Waals surface area contributed by atoms with E-state index in [1.54, 1.807) is 11.0 Å². The molecule has 0 saturated heterocycles. The fourth-order valence-electron chi connectivity index (χ4n) is 1.94. The van der Waals surface area contributed by atoms with E-state index in [9.17, 15) is 4.79 Å². The fraction of sp³-hybridized carbons (Fsp3) is 0.706. The number of rotatable bonds is 6. The van der Waals surface area contributed by atoms with E-state index < -0.39 is 10.3 Å². The van der Waals surface area contributed by atoms with Crippen LogP contribution in [0.5, 0.6) is 0 Å². The molecule has 0 aromatic carbocycles. The second-order valence-electron chi connectivity index (χ2n) is 7.22. The summed E-state index contributed by atoms with van der Waals surface area (Å²) in [5, 5.41) is 0. The summed E-state index contributed by atoms with van der Waals surface area (Å²) >= 11 is 0. The Balaban J connectivity index is 2.71. The summed E-state index contributed by atoms with van der Waals surface area (Å²) < 4.78 is 6.32. The summed E-state index contributed by atoms with van der Waals surface area (Å²) in [6.07, 6.45) is 10.1. The molecule has 0 saturated carbocycles. The van der Waals surface area contributed by atoms with E-state index in [4.69, 9.17) is 9.02 Å². The summed E-state index contributed by atoms with van der Waals surface area (Å²) in [6, 6.07) is -0.312. The lowest BCUT2D eigenvalue weighted by molar-refractivity contribution is 0.0549. The third-order valence-electron chi connectivity index (χ3n) is 4.18. The molecule has 0 aliphatic carbocycles. The number of nitrogens with one attached hydrogen (secondary N) is 1. The van der Waals surface area contributed by atoms with Crippen LogP contribution in [0.3, 0.4) is 0 Å². The summed E-state index contributed by atoms with van der Waals surface area (Å²) in [4.78, 5) is 19.2. The molecule has 2 atom stereocenters. The second-order valence-corrected chi connectivity index (χ2v) is 11.1. The molecule has 23 heavy (non-hydrogen) atoms. The van der Waals surface area contributed by atoms with Crippen LogP contribution in [-0.4, -0.2) is 54.0 Å². The molecule has 1 heterocycles. The van der Waals surface area contributed by atoms with Crippen molar-refractivity contribution in [3.8, 4) is 0 Å². The number of nitrogens with zero attached hydrogens (tertiary/aromatic N) is 1. The Morgan fingerprint density at radius 1 is 1.43 bits per heavy atom. The average molecular weight is 345 g/mol.